The number of hydrogen-bond donors (Lipinski definition) is 0. The Labute approximate surface area is 202 Å². The first-order valence-corrected chi connectivity index (χ1v) is 12.2. The zero-order valence-corrected chi connectivity index (χ0v) is 19.7. The van der Waals surface area contributed by atoms with Crippen LogP contribution >= 0.6 is 0 Å². The second-order valence-electron chi connectivity index (χ2n) is 9.75. The van der Waals surface area contributed by atoms with Crippen LogP contribution in [0.3, 0.4) is 0 Å². The van der Waals surface area contributed by atoms with E-state index in [-0.39, 0.29) is 0 Å². The molecule has 0 unspecified atom stereocenters. The van der Waals surface area contributed by atoms with Gasteiger partial charge in [0.15, 0.2) is 6.20 Å². The van der Waals surface area contributed by atoms with Gasteiger partial charge in [0.1, 0.15) is 7.05 Å². The highest BCUT2D eigenvalue weighted by molar-refractivity contribution is 6.30. The molecule has 0 fully saturated rings. The van der Waals surface area contributed by atoms with Crippen molar-refractivity contribution in [3.05, 3.63) is 109 Å². The summed E-state index contributed by atoms with van der Waals surface area (Å²) in [6, 6.07) is 35.7. The fourth-order valence-corrected chi connectivity index (χ4v) is 6.31. The molecule has 8 aromatic rings. The number of aryl methyl sites for hydroxylation is 2. The third kappa shape index (κ3) is 2.36. The molecule has 8 rings (SSSR count). The number of hydrogen-bond acceptors (Lipinski definition) is 0. The second kappa shape index (κ2) is 6.58. The maximum absolute atomic E-state index is 2.49. The molecule has 0 saturated carbocycles. The average molecular weight is 448 g/mol. The van der Waals surface area contributed by atoms with E-state index in [9.17, 15) is 0 Å². The molecule has 0 aliphatic carbocycles. The van der Waals surface area contributed by atoms with Gasteiger partial charge in [0.05, 0.1) is 22.1 Å². The van der Waals surface area contributed by atoms with Crippen molar-refractivity contribution >= 4 is 59.6 Å². The fourth-order valence-electron chi connectivity index (χ4n) is 6.31. The van der Waals surface area contributed by atoms with Crippen LogP contribution in [-0.4, -0.2) is 4.40 Å². The van der Waals surface area contributed by atoms with Gasteiger partial charge in [-0.15, -0.1) is 0 Å². The first-order valence-electron chi connectivity index (χ1n) is 12.2. The van der Waals surface area contributed by atoms with E-state index >= 15 is 0 Å². The van der Waals surface area contributed by atoms with E-state index in [4.69, 9.17) is 0 Å². The second-order valence-corrected chi connectivity index (χ2v) is 9.75. The van der Waals surface area contributed by atoms with Gasteiger partial charge in [-0.1, -0.05) is 48.5 Å². The molecular formula is C33H23N2+. The highest BCUT2D eigenvalue weighted by Crippen LogP contribution is 2.45. The normalized spacial score (nSPS) is 12.3. The number of rotatable bonds is 1. The van der Waals surface area contributed by atoms with Crippen LogP contribution in [0.1, 0.15) is 5.56 Å². The first kappa shape index (κ1) is 18.9. The highest BCUT2D eigenvalue weighted by atomic mass is 14.9. The predicted molar refractivity (Wildman–Crippen MR) is 147 cm³/mol. The molecule has 0 spiro atoms. The van der Waals surface area contributed by atoms with Gasteiger partial charge in [-0.25, -0.2) is 4.57 Å². The minimum absolute atomic E-state index is 1.24. The van der Waals surface area contributed by atoms with Crippen LogP contribution in [-0.2, 0) is 7.05 Å². The molecular weight excluding hydrogens is 424 g/mol. The lowest BCUT2D eigenvalue weighted by Crippen LogP contribution is -2.30. The van der Waals surface area contributed by atoms with Crippen molar-refractivity contribution in [2.24, 2.45) is 7.05 Å². The van der Waals surface area contributed by atoms with Crippen molar-refractivity contribution in [1.82, 2.24) is 4.40 Å². The predicted octanol–water partition coefficient (Wildman–Crippen LogP) is 7.94. The molecule has 0 radical (unpaired) electrons. The third-order valence-electron chi connectivity index (χ3n) is 7.90. The van der Waals surface area contributed by atoms with Crippen LogP contribution in [0.5, 0.6) is 0 Å². The average Bonchev–Trinajstić information content (AvgIpc) is 3.40. The van der Waals surface area contributed by atoms with Crippen molar-refractivity contribution in [1.29, 1.82) is 0 Å². The Bertz CT molecular complexity index is 2130. The molecule has 0 atom stereocenters. The summed E-state index contributed by atoms with van der Waals surface area (Å²) in [7, 11) is 2.14. The van der Waals surface area contributed by atoms with Crippen LogP contribution in [0.2, 0.25) is 0 Å². The molecule has 0 N–H and O–H groups in total. The molecule has 0 aliphatic heterocycles. The summed E-state index contributed by atoms with van der Waals surface area (Å²) in [4.78, 5) is 0. The quantitative estimate of drug-likeness (QED) is 0.178. The molecule has 0 saturated heterocycles. The number of aromatic nitrogens is 2. The molecule has 5 aromatic carbocycles. The van der Waals surface area contributed by atoms with E-state index in [1.54, 1.807) is 0 Å². The van der Waals surface area contributed by atoms with Gasteiger partial charge in [0.25, 0.3) is 0 Å². The summed E-state index contributed by atoms with van der Waals surface area (Å²) in [5.74, 6) is 0. The van der Waals surface area contributed by atoms with E-state index in [0.29, 0.717) is 0 Å². The zero-order valence-electron chi connectivity index (χ0n) is 19.7. The number of fused-ring (bicyclic) bond motifs is 9. The topological polar surface area (TPSA) is 8.29 Å². The Hall–Kier alpha value is -4.43. The van der Waals surface area contributed by atoms with Crippen LogP contribution in [0, 0.1) is 6.92 Å². The summed E-state index contributed by atoms with van der Waals surface area (Å²) >= 11 is 0. The number of pyridine rings is 1. The summed E-state index contributed by atoms with van der Waals surface area (Å²) in [5, 5.41) is 10.5. The van der Waals surface area contributed by atoms with E-state index in [0.717, 1.165) is 0 Å². The van der Waals surface area contributed by atoms with E-state index < -0.39 is 0 Å². The lowest BCUT2D eigenvalue weighted by molar-refractivity contribution is -0.660. The Morgan fingerprint density at radius 3 is 2.23 bits per heavy atom. The highest BCUT2D eigenvalue weighted by Gasteiger charge is 2.24. The van der Waals surface area contributed by atoms with Crippen molar-refractivity contribution in [3.63, 3.8) is 0 Å². The van der Waals surface area contributed by atoms with Crippen LogP contribution < -0.4 is 4.57 Å². The van der Waals surface area contributed by atoms with Gasteiger partial charge in [-0.05, 0) is 70.4 Å². The number of para-hydroxylation sites is 1. The van der Waals surface area contributed by atoms with Crippen LogP contribution in [0.15, 0.2) is 103 Å². The summed E-state index contributed by atoms with van der Waals surface area (Å²) in [6.45, 7) is 2.28. The molecule has 0 amide bonds. The third-order valence-corrected chi connectivity index (χ3v) is 7.90. The molecule has 164 valence electrons. The minimum Gasteiger partial charge on any atom is -0.308 e. The maximum atomic E-state index is 2.49. The zero-order chi connectivity index (χ0) is 23.3. The molecule has 3 aromatic heterocycles. The van der Waals surface area contributed by atoms with Crippen molar-refractivity contribution in [3.8, 4) is 11.3 Å². The van der Waals surface area contributed by atoms with Crippen molar-refractivity contribution in [2.45, 2.75) is 6.92 Å². The van der Waals surface area contributed by atoms with Crippen LogP contribution in [0.4, 0.5) is 0 Å². The largest absolute Gasteiger partial charge is 0.308 e. The van der Waals surface area contributed by atoms with Crippen LogP contribution in [0.25, 0.3) is 70.9 Å². The lowest BCUT2D eigenvalue weighted by atomic mass is 9.94. The minimum atomic E-state index is 1.24. The number of benzene rings is 5. The number of nitrogens with zero attached hydrogens (tertiary/aromatic N) is 2. The maximum Gasteiger partial charge on any atom is 0.212 e. The monoisotopic (exact) mass is 447 g/mol. The van der Waals surface area contributed by atoms with Gasteiger partial charge in [0.2, 0.25) is 5.69 Å². The summed E-state index contributed by atoms with van der Waals surface area (Å²) in [5.41, 5.74) is 7.76. The lowest BCUT2D eigenvalue weighted by Gasteiger charge is -2.09. The van der Waals surface area contributed by atoms with Gasteiger partial charge >= 0.3 is 0 Å². The Kier molecular flexibility index (Phi) is 3.56. The van der Waals surface area contributed by atoms with E-state index in [2.05, 4.69) is 126 Å². The molecule has 0 aliphatic rings. The van der Waals surface area contributed by atoms with Crippen molar-refractivity contribution < 1.29 is 4.57 Å². The van der Waals surface area contributed by atoms with Crippen molar-refractivity contribution in [2.75, 3.05) is 0 Å². The van der Waals surface area contributed by atoms with E-state index in [1.807, 2.05) is 0 Å². The standard InChI is InChI=1S/C33H23N2/c1-20-25(28-12-7-8-16-34(28)2)19-27-32-26-18-22-10-4-3-9-21(22)17-23(26)14-15-30(32)35-29-13-6-5-11-24(29)31(20)33(27)35/h3-19H,1-2H3/q+1. The molecule has 0 bridgehead atoms. The first-order chi connectivity index (χ1) is 17.2. The smallest absolute Gasteiger partial charge is 0.212 e. The summed E-state index contributed by atoms with van der Waals surface area (Å²) < 4.78 is 4.72. The molecule has 35 heavy (non-hydrogen) atoms. The molecule has 2 heteroatoms. The Balaban J connectivity index is 1.68. The van der Waals surface area contributed by atoms with Gasteiger partial charge < -0.3 is 4.40 Å². The molecule has 3 heterocycles. The SMILES string of the molecule is Cc1c(-c2cccc[n+]2C)cc2c3c4cc5ccccc5cc4ccc3n3c4ccccc4c1c23. The summed E-state index contributed by atoms with van der Waals surface area (Å²) in [6.07, 6.45) is 2.14. The van der Waals surface area contributed by atoms with Gasteiger partial charge in [0, 0.05) is 33.7 Å². The van der Waals surface area contributed by atoms with E-state index in [1.165, 1.54) is 76.5 Å². The molecule has 2 nitrogen and oxygen atoms in total. The Morgan fingerprint density at radius 1 is 0.600 bits per heavy atom. The fraction of sp³-hybridized carbons (Fsp3) is 0.0606. The Morgan fingerprint density at radius 2 is 1.37 bits per heavy atom. The van der Waals surface area contributed by atoms with Gasteiger partial charge in [-0.2, -0.15) is 0 Å². The van der Waals surface area contributed by atoms with Gasteiger partial charge in [-0.3, -0.25) is 0 Å².